The summed E-state index contributed by atoms with van der Waals surface area (Å²) >= 11 is 0. The summed E-state index contributed by atoms with van der Waals surface area (Å²) in [6.45, 7) is 12.9. The number of benzene rings is 2. The van der Waals surface area contributed by atoms with Crippen LogP contribution in [0.5, 0.6) is 11.5 Å². The summed E-state index contributed by atoms with van der Waals surface area (Å²) in [4.78, 5) is 0. The SMILES string of the molecule is C=Cc1ccc(OCC2(COc3ccc(C=C)cc3C=C)CCCCC2)cc1. The maximum absolute atomic E-state index is 6.30. The van der Waals surface area contributed by atoms with Crippen LogP contribution in [0.25, 0.3) is 18.2 Å². The molecule has 2 aromatic carbocycles. The monoisotopic (exact) mass is 374 g/mol. The molecule has 0 aliphatic heterocycles. The second-order valence-electron chi connectivity index (χ2n) is 7.62. The second kappa shape index (κ2) is 9.45. The lowest BCUT2D eigenvalue weighted by Crippen LogP contribution is -2.37. The van der Waals surface area contributed by atoms with E-state index in [0.717, 1.165) is 41.0 Å². The van der Waals surface area contributed by atoms with Gasteiger partial charge in [-0.2, -0.15) is 0 Å². The zero-order chi connectivity index (χ0) is 19.8. The molecule has 0 radical (unpaired) electrons. The van der Waals surface area contributed by atoms with E-state index in [1.165, 1.54) is 19.3 Å². The molecule has 3 rings (SSSR count). The molecule has 0 N–H and O–H groups in total. The van der Waals surface area contributed by atoms with E-state index in [4.69, 9.17) is 9.47 Å². The van der Waals surface area contributed by atoms with Gasteiger partial charge in [-0.3, -0.25) is 0 Å². The van der Waals surface area contributed by atoms with E-state index in [0.29, 0.717) is 13.2 Å². The topological polar surface area (TPSA) is 18.5 Å². The number of hydrogen-bond acceptors (Lipinski definition) is 2. The van der Waals surface area contributed by atoms with Gasteiger partial charge in [-0.1, -0.05) is 75.4 Å². The van der Waals surface area contributed by atoms with E-state index in [-0.39, 0.29) is 5.41 Å². The van der Waals surface area contributed by atoms with Crippen LogP contribution in [0.2, 0.25) is 0 Å². The molecule has 1 saturated carbocycles. The molecular formula is C26H30O2. The zero-order valence-corrected chi connectivity index (χ0v) is 16.7. The highest BCUT2D eigenvalue weighted by molar-refractivity contribution is 5.61. The molecule has 28 heavy (non-hydrogen) atoms. The Labute approximate surface area is 169 Å². The Kier molecular flexibility index (Phi) is 6.76. The van der Waals surface area contributed by atoms with E-state index >= 15 is 0 Å². The minimum atomic E-state index is 0.0465. The van der Waals surface area contributed by atoms with Gasteiger partial charge in [0.25, 0.3) is 0 Å². The lowest BCUT2D eigenvalue weighted by molar-refractivity contribution is 0.0436. The van der Waals surface area contributed by atoms with Crippen LogP contribution in [0.4, 0.5) is 0 Å². The van der Waals surface area contributed by atoms with Gasteiger partial charge in [-0.25, -0.2) is 0 Å². The van der Waals surface area contributed by atoms with Crippen LogP contribution in [0.1, 0.15) is 48.8 Å². The molecule has 1 fully saturated rings. The van der Waals surface area contributed by atoms with E-state index in [1.807, 2.05) is 54.6 Å². The van der Waals surface area contributed by atoms with E-state index in [2.05, 4.69) is 25.8 Å². The summed E-state index contributed by atoms with van der Waals surface area (Å²) in [6.07, 6.45) is 11.5. The normalized spacial score (nSPS) is 15.4. The fourth-order valence-electron chi connectivity index (χ4n) is 3.78. The first-order chi connectivity index (χ1) is 13.7. The quantitative estimate of drug-likeness (QED) is 0.469. The van der Waals surface area contributed by atoms with Crippen LogP contribution in [0.3, 0.4) is 0 Å². The predicted octanol–water partition coefficient (Wildman–Crippen LogP) is 7.02. The number of ether oxygens (including phenoxy) is 2. The summed E-state index contributed by atoms with van der Waals surface area (Å²) < 4.78 is 12.5. The fourth-order valence-corrected chi connectivity index (χ4v) is 3.78. The maximum atomic E-state index is 6.30. The van der Waals surface area contributed by atoms with Gasteiger partial charge >= 0.3 is 0 Å². The Balaban J connectivity index is 1.69. The summed E-state index contributed by atoms with van der Waals surface area (Å²) in [5.41, 5.74) is 3.22. The summed E-state index contributed by atoms with van der Waals surface area (Å²) in [6, 6.07) is 14.2. The average Bonchev–Trinajstić information content (AvgIpc) is 2.77. The Bertz CT molecular complexity index is 811. The third kappa shape index (κ3) is 4.95. The van der Waals surface area contributed by atoms with Crippen molar-refractivity contribution in [2.24, 2.45) is 5.41 Å². The lowest BCUT2D eigenvalue weighted by atomic mass is 9.75. The average molecular weight is 375 g/mol. The maximum Gasteiger partial charge on any atom is 0.126 e. The van der Waals surface area contributed by atoms with Crippen molar-refractivity contribution in [2.45, 2.75) is 32.1 Å². The Morgan fingerprint density at radius 1 is 0.750 bits per heavy atom. The van der Waals surface area contributed by atoms with Crippen molar-refractivity contribution in [2.75, 3.05) is 13.2 Å². The van der Waals surface area contributed by atoms with E-state index in [9.17, 15) is 0 Å². The molecule has 0 aromatic heterocycles. The van der Waals surface area contributed by atoms with Crippen molar-refractivity contribution in [1.29, 1.82) is 0 Å². The molecule has 2 nitrogen and oxygen atoms in total. The molecule has 146 valence electrons. The third-order valence-electron chi connectivity index (χ3n) is 5.60. The van der Waals surface area contributed by atoms with Crippen molar-refractivity contribution < 1.29 is 9.47 Å². The molecule has 1 aliphatic carbocycles. The van der Waals surface area contributed by atoms with Crippen LogP contribution < -0.4 is 9.47 Å². The van der Waals surface area contributed by atoms with Gasteiger partial charge in [0.1, 0.15) is 11.5 Å². The van der Waals surface area contributed by atoms with Crippen molar-refractivity contribution >= 4 is 18.2 Å². The highest BCUT2D eigenvalue weighted by atomic mass is 16.5. The molecule has 0 atom stereocenters. The predicted molar refractivity (Wildman–Crippen MR) is 120 cm³/mol. The summed E-state index contributed by atoms with van der Waals surface area (Å²) in [5, 5.41) is 0. The molecule has 0 amide bonds. The summed E-state index contributed by atoms with van der Waals surface area (Å²) in [7, 11) is 0. The van der Waals surface area contributed by atoms with Crippen LogP contribution in [0.15, 0.2) is 62.2 Å². The Hall–Kier alpha value is -2.74. The largest absolute Gasteiger partial charge is 0.493 e. The van der Waals surface area contributed by atoms with Gasteiger partial charge in [-0.15, -0.1) is 0 Å². The highest BCUT2D eigenvalue weighted by Crippen LogP contribution is 2.38. The highest BCUT2D eigenvalue weighted by Gasteiger charge is 2.34. The van der Waals surface area contributed by atoms with Crippen molar-refractivity contribution in [3.8, 4) is 11.5 Å². The molecule has 0 bridgehead atoms. The molecule has 0 heterocycles. The van der Waals surface area contributed by atoms with Crippen molar-refractivity contribution in [3.05, 3.63) is 78.9 Å². The lowest BCUT2D eigenvalue weighted by Gasteiger charge is -2.36. The van der Waals surface area contributed by atoms with Gasteiger partial charge in [0, 0.05) is 11.0 Å². The zero-order valence-electron chi connectivity index (χ0n) is 16.7. The molecule has 2 heteroatoms. The van der Waals surface area contributed by atoms with Gasteiger partial charge in [0.15, 0.2) is 0 Å². The minimum absolute atomic E-state index is 0.0465. The van der Waals surface area contributed by atoms with Crippen LogP contribution in [-0.4, -0.2) is 13.2 Å². The van der Waals surface area contributed by atoms with Gasteiger partial charge in [0.05, 0.1) is 13.2 Å². The molecule has 1 aliphatic rings. The Morgan fingerprint density at radius 2 is 1.39 bits per heavy atom. The van der Waals surface area contributed by atoms with Gasteiger partial charge < -0.3 is 9.47 Å². The molecule has 0 saturated heterocycles. The van der Waals surface area contributed by atoms with E-state index in [1.54, 1.807) is 0 Å². The van der Waals surface area contributed by atoms with Crippen molar-refractivity contribution in [3.63, 3.8) is 0 Å². The molecule has 2 aromatic rings. The number of hydrogen-bond donors (Lipinski definition) is 0. The van der Waals surface area contributed by atoms with E-state index < -0.39 is 0 Å². The standard InChI is InChI=1S/C26H30O2/c1-4-21-10-13-24(14-11-21)27-19-26(16-8-7-9-17-26)20-28-25-15-12-22(5-2)18-23(25)6-3/h4-6,10-15,18H,1-3,7-9,16-17,19-20H2. The minimum Gasteiger partial charge on any atom is -0.493 e. The Morgan fingerprint density at radius 3 is 2.04 bits per heavy atom. The van der Waals surface area contributed by atoms with Gasteiger partial charge in [-0.05, 0) is 48.2 Å². The smallest absolute Gasteiger partial charge is 0.126 e. The first-order valence-corrected chi connectivity index (χ1v) is 10.0. The number of rotatable bonds is 9. The fraction of sp³-hybridized carbons (Fsp3) is 0.308. The molecular weight excluding hydrogens is 344 g/mol. The first kappa shape index (κ1) is 20.0. The second-order valence-corrected chi connectivity index (χ2v) is 7.62. The molecule has 0 spiro atoms. The van der Waals surface area contributed by atoms with Crippen LogP contribution >= 0.6 is 0 Å². The third-order valence-corrected chi connectivity index (χ3v) is 5.60. The molecule has 0 unspecified atom stereocenters. The van der Waals surface area contributed by atoms with Crippen molar-refractivity contribution in [1.82, 2.24) is 0 Å². The van der Waals surface area contributed by atoms with Crippen LogP contribution in [0, 0.1) is 5.41 Å². The summed E-state index contributed by atoms with van der Waals surface area (Å²) in [5.74, 6) is 1.78. The van der Waals surface area contributed by atoms with Crippen LogP contribution in [-0.2, 0) is 0 Å². The van der Waals surface area contributed by atoms with Gasteiger partial charge in [0.2, 0.25) is 0 Å². The first-order valence-electron chi connectivity index (χ1n) is 10.0.